The van der Waals surface area contributed by atoms with Gasteiger partial charge in [-0.15, -0.1) is 0 Å². The standard InChI is InChI=1S/C20H15ClF3N/c1-12-5-7-17(21)20(19(12)24)25-11-15-9-14(6-8-18(15)23)13-3-2-4-16(22)10-13/h2-10,25H,11H2,1H3. The first-order valence-electron chi connectivity index (χ1n) is 7.68. The zero-order valence-electron chi connectivity index (χ0n) is 13.4. The van der Waals surface area contributed by atoms with Crippen LogP contribution in [0.25, 0.3) is 11.1 Å². The van der Waals surface area contributed by atoms with Crippen LogP contribution in [-0.2, 0) is 6.54 Å². The second kappa shape index (κ2) is 7.19. The molecule has 0 amide bonds. The van der Waals surface area contributed by atoms with Crippen LogP contribution >= 0.6 is 11.6 Å². The molecule has 0 fully saturated rings. The van der Waals surface area contributed by atoms with E-state index in [-0.39, 0.29) is 23.1 Å². The Labute approximate surface area is 149 Å². The van der Waals surface area contributed by atoms with E-state index in [1.54, 1.807) is 43.3 Å². The van der Waals surface area contributed by atoms with Crippen LogP contribution in [0.15, 0.2) is 54.6 Å². The molecule has 1 nitrogen and oxygen atoms in total. The van der Waals surface area contributed by atoms with Gasteiger partial charge < -0.3 is 5.32 Å². The van der Waals surface area contributed by atoms with Crippen molar-refractivity contribution in [2.24, 2.45) is 0 Å². The van der Waals surface area contributed by atoms with Crippen LogP contribution in [-0.4, -0.2) is 0 Å². The first-order chi connectivity index (χ1) is 12.0. The van der Waals surface area contributed by atoms with E-state index in [9.17, 15) is 13.2 Å². The fraction of sp³-hybridized carbons (Fsp3) is 0.100. The zero-order valence-corrected chi connectivity index (χ0v) is 14.2. The molecule has 128 valence electrons. The van der Waals surface area contributed by atoms with Gasteiger partial charge in [-0.05, 0) is 53.9 Å². The Bertz CT molecular complexity index is 925. The molecule has 1 N–H and O–H groups in total. The molecule has 0 radical (unpaired) electrons. The van der Waals surface area contributed by atoms with Gasteiger partial charge in [-0.2, -0.15) is 0 Å². The fourth-order valence-corrected chi connectivity index (χ4v) is 2.77. The zero-order chi connectivity index (χ0) is 18.0. The Hall–Kier alpha value is -2.46. The van der Waals surface area contributed by atoms with Crippen LogP contribution in [0, 0.1) is 24.4 Å². The number of aryl methyl sites for hydroxylation is 1. The van der Waals surface area contributed by atoms with Gasteiger partial charge in [0.15, 0.2) is 5.82 Å². The lowest BCUT2D eigenvalue weighted by molar-refractivity contribution is 0.609. The number of benzene rings is 3. The maximum absolute atomic E-state index is 14.2. The molecule has 0 heterocycles. The molecule has 0 aromatic heterocycles. The van der Waals surface area contributed by atoms with Gasteiger partial charge in [0.05, 0.1) is 10.7 Å². The van der Waals surface area contributed by atoms with Gasteiger partial charge in [0.2, 0.25) is 0 Å². The van der Waals surface area contributed by atoms with Crippen LogP contribution < -0.4 is 5.32 Å². The van der Waals surface area contributed by atoms with Crippen molar-refractivity contribution in [3.63, 3.8) is 0 Å². The summed E-state index contributed by atoms with van der Waals surface area (Å²) in [7, 11) is 0. The lowest BCUT2D eigenvalue weighted by Gasteiger charge is -2.13. The van der Waals surface area contributed by atoms with E-state index in [2.05, 4.69) is 5.32 Å². The number of halogens is 4. The second-order valence-electron chi connectivity index (χ2n) is 5.72. The number of rotatable bonds is 4. The van der Waals surface area contributed by atoms with Gasteiger partial charge in [0.25, 0.3) is 0 Å². The summed E-state index contributed by atoms with van der Waals surface area (Å²) in [5, 5.41) is 3.07. The third-order valence-electron chi connectivity index (χ3n) is 3.94. The highest BCUT2D eigenvalue weighted by atomic mass is 35.5. The van der Waals surface area contributed by atoms with Gasteiger partial charge in [-0.25, -0.2) is 13.2 Å². The molecule has 3 rings (SSSR count). The molecule has 3 aromatic carbocycles. The lowest BCUT2D eigenvalue weighted by atomic mass is 10.0. The molecule has 0 aliphatic carbocycles. The molecule has 5 heteroatoms. The van der Waals surface area contributed by atoms with Gasteiger partial charge in [0.1, 0.15) is 11.6 Å². The van der Waals surface area contributed by atoms with Crippen molar-refractivity contribution in [3.05, 3.63) is 88.2 Å². The van der Waals surface area contributed by atoms with Crippen molar-refractivity contribution in [1.29, 1.82) is 0 Å². The molecule has 0 atom stereocenters. The maximum Gasteiger partial charge on any atom is 0.150 e. The molecule has 0 aliphatic heterocycles. The summed E-state index contributed by atoms with van der Waals surface area (Å²) in [6.45, 7) is 1.68. The highest BCUT2D eigenvalue weighted by Crippen LogP contribution is 2.29. The summed E-state index contributed by atoms with van der Waals surface area (Å²) in [6, 6.07) is 13.7. The van der Waals surface area contributed by atoms with E-state index in [1.807, 2.05) is 0 Å². The average Bonchev–Trinajstić information content (AvgIpc) is 2.60. The molecule has 0 aliphatic rings. The predicted octanol–water partition coefficient (Wildman–Crippen LogP) is 6.34. The topological polar surface area (TPSA) is 12.0 Å². The highest BCUT2D eigenvalue weighted by Gasteiger charge is 2.12. The first kappa shape index (κ1) is 17.4. The fourth-order valence-electron chi connectivity index (χ4n) is 2.56. The van der Waals surface area contributed by atoms with Gasteiger partial charge >= 0.3 is 0 Å². The van der Waals surface area contributed by atoms with E-state index >= 15 is 0 Å². The second-order valence-corrected chi connectivity index (χ2v) is 6.13. The molecule has 25 heavy (non-hydrogen) atoms. The number of hydrogen-bond acceptors (Lipinski definition) is 1. The summed E-state index contributed by atoms with van der Waals surface area (Å²) in [6.07, 6.45) is 0. The summed E-state index contributed by atoms with van der Waals surface area (Å²) < 4.78 is 41.7. The van der Waals surface area contributed by atoms with E-state index in [0.717, 1.165) is 0 Å². The first-order valence-corrected chi connectivity index (χ1v) is 8.06. The van der Waals surface area contributed by atoms with Crippen molar-refractivity contribution in [1.82, 2.24) is 0 Å². The average molecular weight is 362 g/mol. The van der Waals surface area contributed by atoms with Crippen molar-refractivity contribution < 1.29 is 13.2 Å². The largest absolute Gasteiger partial charge is 0.377 e. The normalized spacial score (nSPS) is 10.8. The van der Waals surface area contributed by atoms with Crippen molar-refractivity contribution in [2.45, 2.75) is 13.5 Å². The minimum atomic E-state index is -0.464. The van der Waals surface area contributed by atoms with E-state index in [4.69, 9.17) is 11.6 Å². The lowest BCUT2D eigenvalue weighted by Crippen LogP contribution is -2.05. The summed E-state index contributed by atoms with van der Waals surface area (Å²) in [5.41, 5.74) is 2.23. The predicted molar refractivity (Wildman–Crippen MR) is 95.3 cm³/mol. The van der Waals surface area contributed by atoms with Crippen LogP contribution in [0.2, 0.25) is 5.02 Å². The Morgan fingerprint density at radius 2 is 1.68 bits per heavy atom. The number of anilines is 1. The minimum Gasteiger partial charge on any atom is -0.377 e. The third-order valence-corrected chi connectivity index (χ3v) is 4.26. The molecule has 0 saturated carbocycles. The van der Waals surface area contributed by atoms with Crippen LogP contribution in [0.3, 0.4) is 0 Å². The Morgan fingerprint density at radius 3 is 2.44 bits per heavy atom. The van der Waals surface area contributed by atoms with E-state index in [0.29, 0.717) is 22.3 Å². The number of nitrogens with one attached hydrogen (secondary N) is 1. The summed E-state index contributed by atoms with van der Waals surface area (Å²) in [5.74, 6) is -1.26. The molecule has 0 saturated heterocycles. The number of hydrogen-bond donors (Lipinski definition) is 1. The van der Waals surface area contributed by atoms with E-state index in [1.165, 1.54) is 18.2 Å². The van der Waals surface area contributed by atoms with Crippen LogP contribution in [0.1, 0.15) is 11.1 Å². The van der Waals surface area contributed by atoms with Gasteiger partial charge in [-0.1, -0.05) is 35.9 Å². The van der Waals surface area contributed by atoms with Gasteiger partial charge in [-0.3, -0.25) is 0 Å². The van der Waals surface area contributed by atoms with Crippen molar-refractivity contribution in [3.8, 4) is 11.1 Å². The Kier molecular flexibility index (Phi) is 5.00. The van der Waals surface area contributed by atoms with Crippen molar-refractivity contribution in [2.75, 3.05) is 5.32 Å². The SMILES string of the molecule is Cc1ccc(Cl)c(NCc2cc(-c3cccc(F)c3)ccc2F)c1F. The summed E-state index contributed by atoms with van der Waals surface area (Å²) >= 11 is 6.01. The smallest absolute Gasteiger partial charge is 0.150 e. The van der Waals surface area contributed by atoms with Gasteiger partial charge in [0, 0.05) is 12.1 Å². The monoisotopic (exact) mass is 361 g/mol. The molecule has 0 unspecified atom stereocenters. The quantitative estimate of drug-likeness (QED) is 0.571. The highest BCUT2D eigenvalue weighted by molar-refractivity contribution is 6.33. The minimum absolute atomic E-state index is 0.0507. The van der Waals surface area contributed by atoms with Crippen LogP contribution in [0.4, 0.5) is 18.9 Å². The molecular weight excluding hydrogens is 347 g/mol. The molecular formula is C20H15ClF3N. The van der Waals surface area contributed by atoms with E-state index < -0.39 is 11.6 Å². The maximum atomic E-state index is 14.2. The molecule has 0 bridgehead atoms. The Balaban J connectivity index is 1.89. The summed E-state index contributed by atoms with van der Waals surface area (Å²) in [4.78, 5) is 0. The Morgan fingerprint density at radius 1 is 0.920 bits per heavy atom. The molecule has 0 spiro atoms. The van der Waals surface area contributed by atoms with Crippen LogP contribution in [0.5, 0.6) is 0 Å². The third kappa shape index (κ3) is 3.80. The van der Waals surface area contributed by atoms with Crippen molar-refractivity contribution >= 4 is 17.3 Å². The molecule has 3 aromatic rings.